The summed E-state index contributed by atoms with van der Waals surface area (Å²) in [7, 11) is 0. The second kappa shape index (κ2) is 19.2. The quantitative estimate of drug-likeness (QED) is 0.0992. The maximum atomic E-state index is 15.2. The van der Waals surface area contributed by atoms with Gasteiger partial charge in [-0.1, -0.05) is 24.0 Å². The van der Waals surface area contributed by atoms with Gasteiger partial charge >= 0.3 is 59.1 Å². The van der Waals surface area contributed by atoms with Crippen molar-refractivity contribution in [2.75, 3.05) is 6.61 Å². The third-order valence-electron chi connectivity index (χ3n) is 7.80. The van der Waals surface area contributed by atoms with E-state index in [1.165, 1.54) is 12.1 Å². The van der Waals surface area contributed by atoms with E-state index in [0.717, 1.165) is 36.1 Å². The summed E-state index contributed by atoms with van der Waals surface area (Å²) in [6.07, 6.45) is 3.13. The number of carboxylic acids is 2. The fourth-order valence-corrected chi connectivity index (χ4v) is 5.43. The van der Waals surface area contributed by atoms with Gasteiger partial charge in [-0.2, -0.15) is 0 Å². The Morgan fingerprint density at radius 1 is 0.804 bits per heavy atom. The number of benzene rings is 3. The molecule has 1 aromatic heterocycles. The summed E-state index contributed by atoms with van der Waals surface area (Å²) in [6.45, 7) is 4.48. The van der Waals surface area contributed by atoms with Gasteiger partial charge in [0, 0.05) is 40.7 Å². The zero-order valence-electron chi connectivity index (χ0n) is 27.0. The number of carbonyl (C=O) groups excluding carboxylic acids is 2. The fraction of sp³-hybridized carbons (Fsp3) is 0.333. The SMILES string of the molecule is Cc1c(F)cccc1CCCCOc1ccc(C#Cc2ccc(F)c3c(CCCC(=O)[O-])c(C)n(CCCC(=O)[O-])c23)cc1.[Na+].[Na+]. The van der Waals surface area contributed by atoms with E-state index in [4.69, 9.17) is 4.74 Å². The minimum atomic E-state index is -1.17. The van der Waals surface area contributed by atoms with Crippen LogP contribution in [0, 0.1) is 37.3 Å². The summed E-state index contributed by atoms with van der Waals surface area (Å²) in [6, 6.07) is 15.5. The topological polar surface area (TPSA) is 94.4 Å². The van der Waals surface area contributed by atoms with Gasteiger partial charge in [0.05, 0.1) is 12.1 Å². The van der Waals surface area contributed by atoms with Crippen molar-refractivity contribution in [3.8, 4) is 17.6 Å². The Kier molecular flexibility index (Phi) is 16.5. The largest absolute Gasteiger partial charge is 1.00 e. The number of halogens is 2. The van der Waals surface area contributed by atoms with Crippen LogP contribution >= 0.6 is 0 Å². The first kappa shape index (κ1) is 39.5. The Bertz CT molecular complexity index is 1710. The molecule has 1 heterocycles. The van der Waals surface area contributed by atoms with E-state index in [2.05, 4.69) is 11.8 Å². The molecule has 0 atom stereocenters. The number of carbonyl (C=O) groups is 2. The first-order chi connectivity index (χ1) is 21.2. The molecule has 6 nitrogen and oxygen atoms in total. The second-order valence-corrected chi connectivity index (χ2v) is 10.8. The van der Waals surface area contributed by atoms with E-state index in [1.54, 1.807) is 19.1 Å². The maximum absolute atomic E-state index is 15.2. The molecule has 0 N–H and O–H groups in total. The average molecular weight is 646 g/mol. The number of aryl methyl sites for hydroxylation is 3. The van der Waals surface area contributed by atoms with Gasteiger partial charge < -0.3 is 29.1 Å². The summed E-state index contributed by atoms with van der Waals surface area (Å²) >= 11 is 0. The minimum absolute atomic E-state index is 0. The predicted molar refractivity (Wildman–Crippen MR) is 161 cm³/mol. The van der Waals surface area contributed by atoms with Gasteiger partial charge in [0.2, 0.25) is 0 Å². The molecule has 0 saturated carbocycles. The van der Waals surface area contributed by atoms with Crippen molar-refractivity contribution < 1.29 is 92.4 Å². The van der Waals surface area contributed by atoms with Gasteiger partial charge in [-0.05, 0) is 124 Å². The van der Waals surface area contributed by atoms with Crippen LogP contribution in [0.3, 0.4) is 0 Å². The summed E-state index contributed by atoms with van der Waals surface area (Å²) in [5, 5.41) is 22.4. The van der Waals surface area contributed by atoms with E-state index in [0.29, 0.717) is 59.3 Å². The van der Waals surface area contributed by atoms with Crippen LogP contribution in [-0.4, -0.2) is 23.1 Å². The maximum Gasteiger partial charge on any atom is 1.00 e. The Balaban J connectivity index is 0.00000368. The number of rotatable bonds is 14. The van der Waals surface area contributed by atoms with Crippen LogP contribution < -0.4 is 74.1 Å². The summed E-state index contributed by atoms with van der Waals surface area (Å²) in [5.41, 5.74) is 5.01. The molecule has 0 aliphatic carbocycles. The standard InChI is InChI=1S/C36H37F2NO5.2Na/c1-24-27(9-5-11-31(24)37)8-3-4-23-44-29-19-15-26(16-20-29)14-17-28-18-21-32(38)35-30(10-6-12-33(40)41)25(2)39(36(28)35)22-7-13-34(42)43;;/h5,9,11,15-16,18-21H,3-4,6-8,10,12-13,22-23H2,1-2H3,(H,40,41)(H,42,43);;/q;2*+1/p-2. The number of ether oxygens (including phenoxy) is 1. The molecule has 0 aliphatic rings. The van der Waals surface area contributed by atoms with Gasteiger partial charge in [0.15, 0.2) is 0 Å². The monoisotopic (exact) mass is 645 g/mol. The van der Waals surface area contributed by atoms with E-state index in [1.807, 2.05) is 41.8 Å². The van der Waals surface area contributed by atoms with E-state index in [9.17, 15) is 24.2 Å². The molecule has 0 spiro atoms. The number of aromatic nitrogens is 1. The fourth-order valence-electron chi connectivity index (χ4n) is 5.43. The number of carboxylic acid groups (broad SMARTS) is 2. The minimum Gasteiger partial charge on any atom is -0.550 e. The molecule has 10 heteroatoms. The Morgan fingerprint density at radius 3 is 2.20 bits per heavy atom. The van der Waals surface area contributed by atoms with E-state index in [-0.39, 0.29) is 84.2 Å². The molecule has 0 bridgehead atoms. The van der Waals surface area contributed by atoms with Crippen LogP contribution in [0.4, 0.5) is 8.78 Å². The third-order valence-corrected chi connectivity index (χ3v) is 7.80. The van der Waals surface area contributed by atoms with Gasteiger partial charge in [0.1, 0.15) is 17.4 Å². The Labute approximate surface area is 313 Å². The smallest absolute Gasteiger partial charge is 0.550 e. The van der Waals surface area contributed by atoms with Gasteiger partial charge in [-0.3, -0.25) is 0 Å². The zero-order valence-corrected chi connectivity index (χ0v) is 31.0. The number of aliphatic carboxylic acids is 2. The molecule has 3 aromatic carbocycles. The number of hydrogen-bond donors (Lipinski definition) is 0. The molecular formula is C36H35F2NNa2O5. The molecule has 230 valence electrons. The van der Waals surface area contributed by atoms with Crippen molar-refractivity contribution in [1.29, 1.82) is 0 Å². The summed E-state index contributed by atoms with van der Waals surface area (Å²) in [5.74, 6) is 4.04. The van der Waals surface area contributed by atoms with Crippen molar-refractivity contribution >= 4 is 22.8 Å². The van der Waals surface area contributed by atoms with Crippen LogP contribution in [-0.2, 0) is 29.0 Å². The van der Waals surface area contributed by atoms with Gasteiger partial charge in [-0.15, -0.1) is 0 Å². The molecule has 0 fully saturated rings. The number of hydrogen-bond acceptors (Lipinski definition) is 5. The molecule has 0 saturated heterocycles. The second-order valence-electron chi connectivity index (χ2n) is 10.8. The number of nitrogens with zero attached hydrogens (tertiary/aromatic N) is 1. The number of fused-ring (bicyclic) bond motifs is 1. The van der Waals surface area contributed by atoms with E-state index < -0.39 is 17.8 Å². The normalized spacial score (nSPS) is 10.4. The molecule has 4 aromatic rings. The van der Waals surface area contributed by atoms with Crippen LogP contribution in [0.2, 0.25) is 0 Å². The molecule has 0 amide bonds. The van der Waals surface area contributed by atoms with Crippen molar-refractivity contribution in [3.63, 3.8) is 0 Å². The third kappa shape index (κ3) is 10.7. The summed E-state index contributed by atoms with van der Waals surface area (Å²) in [4.78, 5) is 22.0. The molecule has 4 rings (SSSR count). The van der Waals surface area contributed by atoms with Crippen molar-refractivity contribution in [3.05, 3.63) is 99.7 Å². The predicted octanol–water partition coefficient (Wildman–Crippen LogP) is -1.05. The van der Waals surface area contributed by atoms with Gasteiger partial charge in [-0.25, -0.2) is 8.78 Å². The molecule has 0 unspecified atom stereocenters. The van der Waals surface area contributed by atoms with E-state index >= 15 is 4.39 Å². The molecule has 46 heavy (non-hydrogen) atoms. The Hall–Kier alpha value is -2.64. The van der Waals surface area contributed by atoms with Gasteiger partial charge in [0.25, 0.3) is 0 Å². The van der Waals surface area contributed by atoms with Crippen molar-refractivity contribution in [1.82, 2.24) is 4.57 Å². The summed E-state index contributed by atoms with van der Waals surface area (Å²) < 4.78 is 36.7. The van der Waals surface area contributed by atoms with Crippen molar-refractivity contribution in [2.45, 2.75) is 71.8 Å². The first-order valence-electron chi connectivity index (χ1n) is 14.8. The molecular weight excluding hydrogens is 610 g/mol. The van der Waals surface area contributed by atoms with Crippen LogP contribution in [0.1, 0.15) is 72.0 Å². The van der Waals surface area contributed by atoms with Crippen LogP contribution in [0.25, 0.3) is 10.9 Å². The first-order valence-corrected chi connectivity index (χ1v) is 14.8. The van der Waals surface area contributed by atoms with Crippen LogP contribution in [0.5, 0.6) is 5.75 Å². The zero-order chi connectivity index (χ0) is 31.6. The van der Waals surface area contributed by atoms with Crippen molar-refractivity contribution in [2.24, 2.45) is 0 Å². The average Bonchev–Trinajstić information content (AvgIpc) is 3.27. The molecule has 0 aliphatic heterocycles. The Morgan fingerprint density at radius 2 is 1.50 bits per heavy atom. The molecule has 0 radical (unpaired) electrons. The van der Waals surface area contributed by atoms with Crippen LogP contribution in [0.15, 0.2) is 54.6 Å². The number of unbranched alkanes of at least 4 members (excludes halogenated alkanes) is 1.